The lowest BCUT2D eigenvalue weighted by molar-refractivity contribution is -0.135. The molecule has 0 unspecified atom stereocenters. The molecule has 3 rings (SSSR count). The van der Waals surface area contributed by atoms with Crippen LogP contribution >= 0.6 is 0 Å². The summed E-state index contributed by atoms with van der Waals surface area (Å²) in [5, 5.41) is 20.9. The minimum atomic E-state index is -1.52. The number of amides is 4. The summed E-state index contributed by atoms with van der Waals surface area (Å²) in [7, 11) is 0. The van der Waals surface area contributed by atoms with Gasteiger partial charge in [0.2, 0.25) is 0 Å². The summed E-state index contributed by atoms with van der Waals surface area (Å²) in [4.78, 5) is 48.3. The van der Waals surface area contributed by atoms with Crippen LogP contribution in [0.25, 0.3) is 0 Å². The minimum absolute atomic E-state index is 0.00427. The van der Waals surface area contributed by atoms with Gasteiger partial charge in [0.1, 0.15) is 5.75 Å². The van der Waals surface area contributed by atoms with E-state index in [9.17, 15) is 29.4 Å². The van der Waals surface area contributed by atoms with Gasteiger partial charge in [0, 0.05) is 5.56 Å². The van der Waals surface area contributed by atoms with E-state index in [0.717, 1.165) is 12.1 Å². The summed E-state index contributed by atoms with van der Waals surface area (Å²) in [5.41, 5.74) is 2.99. The van der Waals surface area contributed by atoms with Crippen molar-refractivity contribution in [2.45, 2.75) is 19.4 Å². The van der Waals surface area contributed by atoms with E-state index in [2.05, 4.69) is 16.2 Å². The van der Waals surface area contributed by atoms with E-state index in [1.165, 1.54) is 38.1 Å². The Kier molecular flexibility index (Phi) is 4.85. The molecule has 0 atom stereocenters. The van der Waals surface area contributed by atoms with Crippen LogP contribution in [0.3, 0.4) is 0 Å². The molecule has 0 bridgehead atoms. The van der Waals surface area contributed by atoms with Gasteiger partial charge in [-0.3, -0.25) is 35.3 Å². The van der Waals surface area contributed by atoms with E-state index >= 15 is 0 Å². The van der Waals surface area contributed by atoms with Gasteiger partial charge in [-0.15, -0.1) is 0 Å². The second-order valence-corrected chi connectivity index (χ2v) is 6.69. The van der Waals surface area contributed by atoms with E-state index in [4.69, 9.17) is 4.74 Å². The molecule has 5 N–H and O–H groups in total. The largest absolute Gasteiger partial charge is 0.504 e. The van der Waals surface area contributed by atoms with E-state index in [-0.39, 0.29) is 22.4 Å². The van der Waals surface area contributed by atoms with Crippen molar-refractivity contribution >= 4 is 23.6 Å². The summed E-state index contributed by atoms with van der Waals surface area (Å²) < 4.78 is 5.65. The first kappa shape index (κ1) is 19.7. The van der Waals surface area contributed by atoms with Crippen LogP contribution in [0.4, 0.5) is 0 Å². The van der Waals surface area contributed by atoms with Crippen LogP contribution in [-0.2, 0) is 4.79 Å². The standard InChI is InChI=1S/C19H17N3O7/c1-19(2,29-13-5-3-4-10-14(13)17(27)20-16(10)26)18(28)22-21-15(25)9-6-7-11(23)12(24)8-9/h3-8,23-24H,1-2H3,(H,21,25)(H,22,28)(H,20,26,27). The van der Waals surface area contributed by atoms with Crippen LogP contribution in [0.5, 0.6) is 17.2 Å². The van der Waals surface area contributed by atoms with Gasteiger partial charge >= 0.3 is 0 Å². The third-order valence-electron chi connectivity index (χ3n) is 4.16. The zero-order chi connectivity index (χ0) is 21.3. The van der Waals surface area contributed by atoms with Crippen molar-refractivity contribution in [2.24, 2.45) is 0 Å². The van der Waals surface area contributed by atoms with Gasteiger partial charge in [-0.2, -0.15) is 0 Å². The second-order valence-electron chi connectivity index (χ2n) is 6.69. The van der Waals surface area contributed by atoms with Crippen LogP contribution in [0.1, 0.15) is 44.9 Å². The van der Waals surface area contributed by atoms with E-state index < -0.39 is 40.7 Å². The lowest BCUT2D eigenvalue weighted by Crippen LogP contribution is -2.53. The number of hydrogen-bond donors (Lipinski definition) is 5. The third-order valence-corrected chi connectivity index (χ3v) is 4.16. The first-order valence-electron chi connectivity index (χ1n) is 8.40. The highest BCUT2D eigenvalue weighted by Crippen LogP contribution is 2.29. The number of hydrogen-bond acceptors (Lipinski definition) is 7. The fourth-order valence-corrected chi connectivity index (χ4v) is 2.59. The smallest absolute Gasteiger partial charge is 0.281 e. The Morgan fingerprint density at radius 3 is 2.41 bits per heavy atom. The van der Waals surface area contributed by atoms with Crippen LogP contribution in [0, 0.1) is 0 Å². The number of aromatic hydroxyl groups is 2. The molecule has 4 amide bonds. The predicted octanol–water partition coefficient (Wildman–Crippen LogP) is 0.600. The number of benzene rings is 2. The molecule has 0 saturated heterocycles. The number of rotatable bonds is 4. The predicted molar refractivity (Wildman–Crippen MR) is 98.3 cm³/mol. The minimum Gasteiger partial charge on any atom is -0.504 e. The molecule has 0 aliphatic carbocycles. The quantitative estimate of drug-likeness (QED) is 0.286. The van der Waals surface area contributed by atoms with Crippen molar-refractivity contribution < 1.29 is 34.1 Å². The van der Waals surface area contributed by atoms with Crippen LogP contribution in [-0.4, -0.2) is 39.4 Å². The molecule has 150 valence electrons. The van der Waals surface area contributed by atoms with Gasteiger partial charge in [-0.1, -0.05) is 6.07 Å². The zero-order valence-corrected chi connectivity index (χ0v) is 15.4. The topological polar surface area (TPSA) is 154 Å². The first-order chi connectivity index (χ1) is 13.6. The maximum Gasteiger partial charge on any atom is 0.281 e. The van der Waals surface area contributed by atoms with Gasteiger partial charge in [0.05, 0.1) is 11.1 Å². The Morgan fingerprint density at radius 2 is 1.72 bits per heavy atom. The number of carbonyl (C=O) groups excluding carboxylic acids is 4. The molecule has 29 heavy (non-hydrogen) atoms. The highest BCUT2D eigenvalue weighted by molar-refractivity contribution is 6.22. The summed E-state index contributed by atoms with van der Waals surface area (Å²) in [6.45, 7) is 2.82. The van der Waals surface area contributed by atoms with Crippen molar-refractivity contribution in [2.75, 3.05) is 0 Å². The molecule has 0 fully saturated rings. The number of fused-ring (bicyclic) bond motifs is 1. The fraction of sp³-hybridized carbons (Fsp3) is 0.158. The van der Waals surface area contributed by atoms with Crippen molar-refractivity contribution in [3.8, 4) is 17.2 Å². The Balaban J connectivity index is 1.70. The van der Waals surface area contributed by atoms with Crippen LogP contribution in [0.15, 0.2) is 36.4 Å². The SMILES string of the molecule is CC(C)(Oc1cccc2c1C(=O)NC2=O)C(=O)NNC(=O)c1ccc(O)c(O)c1. The Bertz CT molecular complexity index is 1050. The van der Waals surface area contributed by atoms with Crippen LogP contribution < -0.4 is 20.9 Å². The number of nitrogens with one attached hydrogen (secondary N) is 3. The van der Waals surface area contributed by atoms with Crippen molar-refractivity contribution in [1.82, 2.24) is 16.2 Å². The maximum atomic E-state index is 12.5. The highest BCUT2D eigenvalue weighted by Gasteiger charge is 2.35. The third kappa shape index (κ3) is 3.81. The normalized spacial score (nSPS) is 12.8. The number of imide groups is 1. The number of carbonyl (C=O) groups is 4. The number of phenolic OH excluding ortho intramolecular Hbond substituents is 2. The van der Waals surface area contributed by atoms with Crippen molar-refractivity contribution in [3.63, 3.8) is 0 Å². The van der Waals surface area contributed by atoms with E-state index in [0.29, 0.717) is 0 Å². The van der Waals surface area contributed by atoms with Crippen LogP contribution in [0.2, 0.25) is 0 Å². The molecule has 0 aromatic heterocycles. The van der Waals surface area contributed by atoms with Gasteiger partial charge in [0.15, 0.2) is 17.1 Å². The molecule has 0 radical (unpaired) electrons. The van der Waals surface area contributed by atoms with Gasteiger partial charge in [0.25, 0.3) is 23.6 Å². The molecule has 0 spiro atoms. The maximum absolute atomic E-state index is 12.5. The lowest BCUT2D eigenvalue weighted by Gasteiger charge is -2.26. The first-order valence-corrected chi connectivity index (χ1v) is 8.40. The Labute approximate surface area is 164 Å². The van der Waals surface area contributed by atoms with E-state index in [1.54, 1.807) is 0 Å². The fourth-order valence-electron chi connectivity index (χ4n) is 2.59. The molecular weight excluding hydrogens is 382 g/mol. The van der Waals surface area contributed by atoms with Gasteiger partial charge in [-0.05, 0) is 44.2 Å². The molecule has 1 aliphatic heterocycles. The Hall–Kier alpha value is -4.08. The number of hydrazine groups is 1. The molecule has 2 aromatic rings. The van der Waals surface area contributed by atoms with Crippen molar-refractivity contribution in [1.29, 1.82) is 0 Å². The summed E-state index contributed by atoms with van der Waals surface area (Å²) in [5.74, 6) is -3.50. The molecule has 1 aliphatic rings. The average molecular weight is 399 g/mol. The molecule has 2 aromatic carbocycles. The molecule has 1 heterocycles. The molecular formula is C19H17N3O7. The number of ether oxygens (including phenoxy) is 1. The average Bonchev–Trinajstić information content (AvgIpc) is 2.96. The number of phenols is 2. The summed E-state index contributed by atoms with van der Waals surface area (Å²) in [6.07, 6.45) is 0. The molecule has 10 heteroatoms. The summed E-state index contributed by atoms with van der Waals surface area (Å²) >= 11 is 0. The molecule has 10 nitrogen and oxygen atoms in total. The molecule has 0 saturated carbocycles. The monoisotopic (exact) mass is 399 g/mol. The van der Waals surface area contributed by atoms with Gasteiger partial charge in [-0.25, -0.2) is 0 Å². The summed E-state index contributed by atoms with van der Waals surface area (Å²) in [6, 6.07) is 7.83. The van der Waals surface area contributed by atoms with Crippen molar-refractivity contribution in [3.05, 3.63) is 53.1 Å². The van der Waals surface area contributed by atoms with E-state index in [1.807, 2.05) is 0 Å². The second kappa shape index (κ2) is 7.15. The zero-order valence-electron chi connectivity index (χ0n) is 15.4. The van der Waals surface area contributed by atoms with Gasteiger partial charge < -0.3 is 14.9 Å². The lowest BCUT2D eigenvalue weighted by atomic mass is 10.1. The Morgan fingerprint density at radius 1 is 1.00 bits per heavy atom. The highest BCUT2D eigenvalue weighted by atomic mass is 16.5.